The van der Waals surface area contributed by atoms with E-state index in [9.17, 15) is 10.1 Å². The van der Waals surface area contributed by atoms with Crippen molar-refractivity contribution in [3.05, 3.63) is 51.6 Å². The third-order valence-electron chi connectivity index (χ3n) is 2.98. The largest absolute Gasteiger partial charge is 0.376 e. The van der Waals surface area contributed by atoms with Crippen molar-refractivity contribution in [3.63, 3.8) is 0 Å². The zero-order chi connectivity index (χ0) is 15.1. The molecule has 0 amide bonds. The minimum absolute atomic E-state index is 0.0442. The summed E-state index contributed by atoms with van der Waals surface area (Å²) in [5.74, 6) is 0. The fraction of sp³-hybridized carbons (Fsp3) is 0.467. The molecule has 0 heterocycles. The molecule has 0 aliphatic carbocycles. The fourth-order valence-electron chi connectivity index (χ4n) is 1.80. The normalized spacial score (nSPS) is 12.2. The number of hydrogen-bond donors (Lipinski definition) is 1. The molecule has 1 aromatic rings. The van der Waals surface area contributed by atoms with Crippen molar-refractivity contribution in [2.75, 3.05) is 19.8 Å². The number of aryl methyl sites for hydroxylation is 1. The smallest absolute Gasteiger partial charge is 0.272 e. The van der Waals surface area contributed by atoms with Gasteiger partial charge in [-0.3, -0.25) is 10.1 Å². The van der Waals surface area contributed by atoms with Crippen LogP contribution in [0, 0.1) is 17.0 Å². The van der Waals surface area contributed by atoms with Crippen LogP contribution in [-0.4, -0.2) is 24.7 Å². The van der Waals surface area contributed by atoms with Gasteiger partial charge >= 0.3 is 0 Å². The number of rotatable bonds is 8. The van der Waals surface area contributed by atoms with Crippen molar-refractivity contribution >= 4 is 5.69 Å². The van der Waals surface area contributed by atoms with Crippen LogP contribution in [0.4, 0.5) is 5.69 Å². The third-order valence-corrected chi connectivity index (χ3v) is 2.98. The standard InChI is InChI=1S/C15H22N2O3/c1-11(2)10-20-8-7-16-13(4)14-6-5-12(3)15(9-14)17(18)19/h5-6,9,13,16H,1,7-8,10H2,2-4H3. The highest BCUT2D eigenvalue weighted by molar-refractivity contribution is 5.43. The second-order valence-corrected chi connectivity index (χ2v) is 4.99. The maximum Gasteiger partial charge on any atom is 0.272 e. The van der Waals surface area contributed by atoms with E-state index in [1.54, 1.807) is 19.1 Å². The first kappa shape index (κ1) is 16.3. The Bertz CT molecular complexity index is 486. The molecule has 0 saturated heterocycles. The Morgan fingerprint density at radius 3 is 2.85 bits per heavy atom. The minimum Gasteiger partial charge on any atom is -0.376 e. The Morgan fingerprint density at radius 1 is 1.55 bits per heavy atom. The van der Waals surface area contributed by atoms with E-state index in [2.05, 4.69) is 11.9 Å². The summed E-state index contributed by atoms with van der Waals surface area (Å²) in [6.45, 7) is 11.2. The SMILES string of the molecule is C=C(C)COCCNC(C)c1ccc(C)c([N+](=O)[O-])c1. The van der Waals surface area contributed by atoms with Crippen LogP contribution < -0.4 is 5.32 Å². The van der Waals surface area contributed by atoms with Crippen LogP contribution in [0.3, 0.4) is 0 Å². The van der Waals surface area contributed by atoms with Crippen molar-refractivity contribution in [1.29, 1.82) is 0 Å². The van der Waals surface area contributed by atoms with Crippen molar-refractivity contribution in [2.45, 2.75) is 26.8 Å². The van der Waals surface area contributed by atoms with Gasteiger partial charge in [-0.2, -0.15) is 0 Å². The molecule has 5 heteroatoms. The summed E-state index contributed by atoms with van der Waals surface area (Å²) >= 11 is 0. The van der Waals surface area contributed by atoms with Gasteiger partial charge < -0.3 is 10.1 Å². The number of benzene rings is 1. The van der Waals surface area contributed by atoms with E-state index < -0.39 is 0 Å². The van der Waals surface area contributed by atoms with Crippen LogP contribution in [0.15, 0.2) is 30.4 Å². The summed E-state index contributed by atoms with van der Waals surface area (Å²) in [6.07, 6.45) is 0. The molecule has 0 aliphatic heterocycles. The molecule has 0 fully saturated rings. The number of nitro benzene ring substituents is 1. The Balaban J connectivity index is 2.51. The zero-order valence-electron chi connectivity index (χ0n) is 12.3. The molecule has 0 bridgehead atoms. The van der Waals surface area contributed by atoms with E-state index >= 15 is 0 Å². The summed E-state index contributed by atoms with van der Waals surface area (Å²) in [5, 5.41) is 14.2. The number of nitrogens with zero attached hydrogens (tertiary/aromatic N) is 1. The Hall–Kier alpha value is -1.72. The highest BCUT2D eigenvalue weighted by Gasteiger charge is 2.13. The fourth-order valence-corrected chi connectivity index (χ4v) is 1.80. The molecule has 1 unspecified atom stereocenters. The van der Waals surface area contributed by atoms with Gasteiger partial charge in [-0.15, -0.1) is 0 Å². The lowest BCUT2D eigenvalue weighted by Crippen LogP contribution is -2.23. The quantitative estimate of drug-likeness (QED) is 0.343. The summed E-state index contributed by atoms with van der Waals surface area (Å²) in [6, 6.07) is 5.36. The number of nitrogens with one attached hydrogen (secondary N) is 1. The minimum atomic E-state index is -0.346. The molecule has 5 nitrogen and oxygen atoms in total. The van der Waals surface area contributed by atoms with Gasteiger partial charge in [0.1, 0.15) is 0 Å². The van der Waals surface area contributed by atoms with E-state index in [1.807, 2.05) is 19.9 Å². The predicted molar refractivity (Wildman–Crippen MR) is 79.9 cm³/mol. The topological polar surface area (TPSA) is 64.4 Å². The first-order chi connectivity index (χ1) is 9.41. The first-order valence-corrected chi connectivity index (χ1v) is 6.62. The van der Waals surface area contributed by atoms with Gasteiger partial charge in [-0.05, 0) is 26.3 Å². The predicted octanol–water partition coefficient (Wildman–Crippen LogP) is 3.15. The monoisotopic (exact) mass is 278 g/mol. The first-order valence-electron chi connectivity index (χ1n) is 6.62. The molecule has 0 aliphatic rings. The van der Waals surface area contributed by atoms with Crippen molar-refractivity contribution in [3.8, 4) is 0 Å². The lowest BCUT2D eigenvalue weighted by atomic mass is 10.0. The maximum absolute atomic E-state index is 10.9. The number of nitro groups is 1. The third kappa shape index (κ3) is 5.11. The average Bonchev–Trinajstić information content (AvgIpc) is 2.37. The van der Waals surface area contributed by atoms with Gasteiger partial charge in [0.2, 0.25) is 0 Å². The Labute approximate surface area is 119 Å². The summed E-state index contributed by atoms with van der Waals surface area (Å²) in [4.78, 5) is 10.6. The Morgan fingerprint density at radius 2 is 2.25 bits per heavy atom. The van der Waals surface area contributed by atoms with Crippen LogP contribution in [0.5, 0.6) is 0 Å². The summed E-state index contributed by atoms with van der Waals surface area (Å²) in [5.41, 5.74) is 2.74. The second-order valence-electron chi connectivity index (χ2n) is 4.99. The van der Waals surface area contributed by atoms with Crippen LogP contribution in [0.1, 0.15) is 31.0 Å². The molecular formula is C15H22N2O3. The van der Waals surface area contributed by atoms with Gasteiger partial charge in [0.05, 0.1) is 18.1 Å². The molecule has 1 aromatic carbocycles. The van der Waals surface area contributed by atoms with E-state index in [4.69, 9.17) is 4.74 Å². The molecule has 110 valence electrons. The molecule has 0 spiro atoms. The van der Waals surface area contributed by atoms with Crippen LogP contribution in [-0.2, 0) is 4.74 Å². The molecular weight excluding hydrogens is 256 g/mol. The molecule has 0 saturated carbocycles. The average molecular weight is 278 g/mol. The second kappa shape index (κ2) is 7.77. The summed E-state index contributed by atoms with van der Waals surface area (Å²) < 4.78 is 5.39. The zero-order valence-corrected chi connectivity index (χ0v) is 12.3. The molecule has 1 atom stereocenters. The van der Waals surface area contributed by atoms with Crippen LogP contribution >= 0.6 is 0 Å². The number of hydrogen-bond acceptors (Lipinski definition) is 4. The summed E-state index contributed by atoms with van der Waals surface area (Å²) in [7, 11) is 0. The van der Waals surface area contributed by atoms with Gasteiger partial charge in [-0.25, -0.2) is 0 Å². The lowest BCUT2D eigenvalue weighted by molar-refractivity contribution is -0.385. The van der Waals surface area contributed by atoms with E-state index in [0.717, 1.165) is 11.1 Å². The Kier molecular flexibility index (Phi) is 6.35. The molecule has 20 heavy (non-hydrogen) atoms. The highest BCUT2D eigenvalue weighted by Crippen LogP contribution is 2.22. The van der Waals surface area contributed by atoms with E-state index in [1.165, 1.54) is 0 Å². The van der Waals surface area contributed by atoms with E-state index in [0.29, 0.717) is 25.3 Å². The lowest BCUT2D eigenvalue weighted by Gasteiger charge is -2.14. The van der Waals surface area contributed by atoms with Gasteiger partial charge in [0, 0.05) is 24.2 Å². The van der Waals surface area contributed by atoms with Gasteiger partial charge in [0.15, 0.2) is 0 Å². The van der Waals surface area contributed by atoms with Crippen molar-refractivity contribution in [1.82, 2.24) is 5.32 Å². The van der Waals surface area contributed by atoms with Crippen LogP contribution in [0.25, 0.3) is 0 Å². The molecule has 0 aromatic heterocycles. The van der Waals surface area contributed by atoms with E-state index in [-0.39, 0.29) is 16.7 Å². The van der Waals surface area contributed by atoms with Crippen molar-refractivity contribution < 1.29 is 9.66 Å². The maximum atomic E-state index is 10.9. The van der Waals surface area contributed by atoms with Crippen molar-refractivity contribution in [2.24, 2.45) is 0 Å². The van der Waals surface area contributed by atoms with Gasteiger partial charge in [0.25, 0.3) is 5.69 Å². The number of ether oxygens (including phenoxy) is 1. The highest BCUT2D eigenvalue weighted by atomic mass is 16.6. The van der Waals surface area contributed by atoms with Gasteiger partial charge in [-0.1, -0.05) is 24.3 Å². The van der Waals surface area contributed by atoms with Crippen LogP contribution in [0.2, 0.25) is 0 Å². The molecule has 1 rings (SSSR count). The molecule has 1 N–H and O–H groups in total. The molecule has 0 radical (unpaired) electrons.